The van der Waals surface area contributed by atoms with Crippen LogP contribution in [0.3, 0.4) is 0 Å². The second-order valence-electron chi connectivity index (χ2n) is 2.02. The molecule has 5 heteroatoms. The molecule has 1 rings (SSSR count). The number of pyridine rings is 1. The molecule has 0 aromatic carbocycles. The quantitative estimate of drug-likeness (QED) is 0.400. The molecule has 0 aliphatic rings. The molecule has 0 radical (unpaired) electrons. The van der Waals surface area contributed by atoms with Crippen molar-refractivity contribution in [1.82, 2.24) is 4.98 Å². The molecule has 1 aromatic rings. The van der Waals surface area contributed by atoms with Gasteiger partial charge in [0.15, 0.2) is 0 Å². The Morgan fingerprint density at radius 3 is 2.38 bits per heavy atom. The fourth-order valence-electron chi connectivity index (χ4n) is 0.654. The topological polar surface area (TPSA) is 56.0 Å². The number of aryl methyl sites for hydroxylation is 1. The van der Waals surface area contributed by atoms with Crippen molar-refractivity contribution in [2.75, 3.05) is 0 Å². The molecule has 0 spiro atoms. The Morgan fingerprint density at radius 2 is 2.00 bits per heavy atom. The summed E-state index contributed by atoms with van der Waals surface area (Å²) in [6, 6.07) is 2.88. The molecule has 13 heavy (non-hydrogen) atoms. The Morgan fingerprint density at radius 1 is 1.46 bits per heavy atom. The highest BCUT2D eigenvalue weighted by Crippen LogP contribution is 2.20. The minimum Gasteiger partial charge on any atom is -0.258 e. The smallest absolute Gasteiger partial charge is 0.258 e. The predicted octanol–water partition coefficient (Wildman–Crippen LogP) is 2.98. The molecule has 0 unspecified atom stereocenters. The Kier molecular flexibility index (Phi) is 4.99. The summed E-state index contributed by atoms with van der Waals surface area (Å²) in [5.41, 5.74) is 0.512. The van der Waals surface area contributed by atoms with Gasteiger partial charge in [-0.1, -0.05) is 25.4 Å². The van der Waals surface area contributed by atoms with Gasteiger partial charge in [-0.15, -0.1) is 0 Å². The van der Waals surface area contributed by atoms with Crippen LogP contribution in [0, 0.1) is 17.0 Å². The molecule has 0 saturated heterocycles. The fraction of sp³-hybridized carbons (Fsp3) is 0.375. The Labute approximate surface area is 81.7 Å². The molecule has 1 heterocycles. The van der Waals surface area contributed by atoms with E-state index in [1.807, 2.05) is 13.8 Å². The second kappa shape index (κ2) is 5.48. The molecule has 0 atom stereocenters. The highest BCUT2D eigenvalue weighted by atomic mass is 35.5. The number of halogens is 1. The van der Waals surface area contributed by atoms with Crippen LogP contribution in [0.25, 0.3) is 0 Å². The SMILES string of the molecule is CC.Cc1ccc([N+](=O)[O-])c(Cl)n1. The predicted molar refractivity (Wildman–Crippen MR) is 52.0 cm³/mol. The zero-order valence-corrected chi connectivity index (χ0v) is 8.50. The van der Waals surface area contributed by atoms with Gasteiger partial charge in [0.05, 0.1) is 4.92 Å². The van der Waals surface area contributed by atoms with E-state index in [9.17, 15) is 10.1 Å². The van der Waals surface area contributed by atoms with E-state index >= 15 is 0 Å². The molecule has 0 saturated carbocycles. The molecule has 0 aliphatic carbocycles. The van der Waals surface area contributed by atoms with Gasteiger partial charge < -0.3 is 0 Å². The lowest BCUT2D eigenvalue weighted by molar-refractivity contribution is -0.385. The van der Waals surface area contributed by atoms with Crippen LogP contribution in [0.15, 0.2) is 12.1 Å². The summed E-state index contributed by atoms with van der Waals surface area (Å²) in [7, 11) is 0. The summed E-state index contributed by atoms with van der Waals surface area (Å²) in [6.45, 7) is 5.72. The molecule has 0 N–H and O–H groups in total. The summed E-state index contributed by atoms with van der Waals surface area (Å²) >= 11 is 5.47. The van der Waals surface area contributed by atoms with Crippen LogP contribution in [-0.2, 0) is 0 Å². The molecule has 0 fully saturated rings. The summed E-state index contributed by atoms with van der Waals surface area (Å²) in [5, 5.41) is 10.2. The lowest BCUT2D eigenvalue weighted by atomic mass is 10.3. The molecule has 72 valence electrons. The minimum atomic E-state index is -0.561. The number of hydrogen-bond acceptors (Lipinski definition) is 3. The Balaban J connectivity index is 0.000000671. The third-order valence-corrected chi connectivity index (χ3v) is 1.44. The van der Waals surface area contributed by atoms with E-state index in [1.54, 1.807) is 13.0 Å². The maximum Gasteiger partial charge on any atom is 0.306 e. The zero-order valence-electron chi connectivity index (χ0n) is 7.74. The molecule has 0 bridgehead atoms. The van der Waals surface area contributed by atoms with E-state index in [4.69, 9.17) is 11.6 Å². The zero-order chi connectivity index (χ0) is 10.4. The first kappa shape index (κ1) is 11.8. The average molecular weight is 203 g/mol. The van der Waals surface area contributed by atoms with Crippen molar-refractivity contribution in [3.63, 3.8) is 0 Å². The van der Waals surface area contributed by atoms with Crippen LogP contribution in [0.2, 0.25) is 5.15 Å². The maximum absolute atomic E-state index is 10.2. The van der Waals surface area contributed by atoms with Gasteiger partial charge in [0.2, 0.25) is 5.15 Å². The van der Waals surface area contributed by atoms with Crippen molar-refractivity contribution in [2.24, 2.45) is 0 Å². The molecule has 4 nitrogen and oxygen atoms in total. The molecule has 1 aromatic heterocycles. The minimum absolute atomic E-state index is 0.0602. The van der Waals surface area contributed by atoms with Crippen LogP contribution in [0.4, 0.5) is 5.69 Å². The van der Waals surface area contributed by atoms with Crippen molar-refractivity contribution >= 4 is 17.3 Å². The van der Waals surface area contributed by atoms with Gasteiger partial charge >= 0.3 is 5.69 Å². The average Bonchev–Trinajstić information content (AvgIpc) is 2.07. The normalized spacial score (nSPS) is 8.62. The summed E-state index contributed by atoms with van der Waals surface area (Å²) < 4.78 is 0. The molecular formula is C8H11ClN2O2. The van der Waals surface area contributed by atoms with Crippen LogP contribution >= 0.6 is 11.6 Å². The second-order valence-corrected chi connectivity index (χ2v) is 2.38. The standard InChI is InChI=1S/C6H5ClN2O2.C2H6/c1-4-2-3-5(9(10)11)6(7)8-4;1-2/h2-3H,1H3;1-2H3. The van der Waals surface area contributed by atoms with Gasteiger partial charge in [-0.3, -0.25) is 10.1 Å². The Hall–Kier alpha value is -1.16. The summed E-state index contributed by atoms with van der Waals surface area (Å²) in [6.07, 6.45) is 0. The molecule has 0 amide bonds. The molecular weight excluding hydrogens is 192 g/mol. The highest BCUT2D eigenvalue weighted by Gasteiger charge is 2.11. The van der Waals surface area contributed by atoms with Gasteiger partial charge in [0.25, 0.3) is 0 Å². The lowest BCUT2D eigenvalue weighted by Crippen LogP contribution is -1.91. The monoisotopic (exact) mass is 202 g/mol. The van der Waals surface area contributed by atoms with Crippen molar-refractivity contribution in [3.8, 4) is 0 Å². The van der Waals surface area contributed by atoms with Crippen LogP contribution in [0.1, 0.15) is 19.5 Å². The van der Waals surface area contributed by atoms with E-state index < -0.39 is 4.92 Å². The number of hydrogen-bond donors (Lipinski definition) is 0. The number of nitrogens with zero attached hydrogens (tertiary/aromatic N) is 2. The number of nitro groups is 1. The third-order valence-electron chi connectivity index (χ3n) is 1.16. The van der Waals surface area contributed by atoms with Crippen molar-refractivity contribution in [1.29, 1.82) is 0 Å². The van der Waals surface area contributed by atoms with E-state index in [0.717, 1.165) is 0 Å². The first-order chi connectivity index (χ1) is 6.11. The van der Waals surface area contributed by atoms with E-state index in [0.29, 0.717) is 5.69 Å². The first-order valence-corrected chi connectivity index (χ1v) is 4.26. The van der Waals surface area contributed by atoms with Gasteiger partial charge in [-0.05, 0) is 13.0 Å². The van der Waals surface area contributed by atoms with E-state index in [-0.39, 0.29) is 10.8 Å². The largest absolute Gasteiger partial charge is 0.306 e. The lowest BCUT2D eigenvalue weighted by Gasteiger charge is -1.94. The fourth-order valence-corrected chi connectivity index (χ4v) is 0.919. The number of aromatic nitrogens is 1. The van der Waals surface area contributed by atoms with Crippen LogP contribution < -0.4 is 0 Å². The third kappa shape index (κ3) is 3.38. The molecule has 0 aliphatic heterocycles. The Bertz CT molecular complexity index is 302. The summed E-state index contributed by atoms with van der Waals surface area (Å²) in [5.74, 6) is 0. The van der Waals surface area contributed by atoms with Crippen LogP contribution in [0.5, 0.6) is 0 Å². The number of rotatable bonds is 1. The first-order valence-electron chi connectivity index (χ1n) is 3.89. The van der Waals surface area contributed by atoms with E-state index in [2.05, 4.69) is 4.98 Å². The van der Waals surface area contributed by atoms with E-state index in [1.165, 1.54) is 6.07 Å². The van der Waals surface area contributed by atoms with Gasteiger partial charge in [-0.2, -0.15) is 0 Å². The highest BCUT2D eigenvalue weighted by molar-refractivity contribution is 6.31. The van der Waals surface area contributed by atoms with Crippen molar-refractivity contribution < 1.29 is 4.92 Å². The van der Waals surface area contributed by atoms with Gasteiger partial charge in [-0.25, -0.2) is 4.98 Å². The summed E-state index contributed by atoms with van der Waals surface area (Å²) in [4.78, 5) is 13.4. The van der Waals surface area contributed by atoms with Gasteiger partial charge in [0.1, 0.15) is 0 Å². The van der Waals surface area contributed by atoms with Crippen molar-refractivity contribution in [3.05, 3.63) is 33.1 Å². The maximum atomic E-state index is 10.2. The van der Waals surface area contributed by atoms with Crippen molar-refractivity contribution in [2.45, 2.75) is 20.8 Å². The van der Waals surface area contributed by atoms with Crippen LogP contribution in [-0.4, -0.2) is 9.91 Å². The van der Waals surface area contributed by atoms with Gasteiger partial charge in [0, 0.05) is 11.8 Å².